The second kappa shape index (κ2) is 20.0. The molecule has 0 aliphatic carbocycles. The largest absolute Gasteiger partial charge is 0.317 e. The van der Waals surface area contributed by atoms with Gasteiger partial charge in [0.2, 0.25) is 0 Å². The summed E-state index contributed by atoms with van der Waals surface area (Å²) in [6, 6.07) is 13.9. The van der Waals surface area contributed by atoms with Gasteiger partial charge in [-0.15, -0.1) is 10.2 Å². The highest BCUT2D eigenvalue weighted by atomic mass is 16.2. The topological polar surface area (TPSA) is 176 Å². The maximum Gasteiger partial charge on any atom is 0.261 e. The maximum atomic E-state index is 12.7. The summed E-state index contributed by atoms with van der Waals surface area (Å²) < 4.78 is 3.55. The van der Waals surface area contributed by atoms with Crippen molar-refractivity contribution in [3.05, 3.63) is 94.6 Å². The monoisotopic (exact) mass is 752 g/mol. The number of imide groups is 2. The first-order valence-corrected chi connectivity index (χ1v) is 19.5. The van der Waals surface area contributed by atoms with E-state index in [1.54, 1.807) is 57.9 Å². The molecule has 0 bridgehead atoms. The molecule has 0 radical (unpaired) electrons. The van der Waals surface area contributed by atoms with Gasteiger partial charge in [0.05, 0.1) is 33.6 Å². The molecule has 0 saturated heterocycles. The van der Waals surface area contributed by atoms with Crippen LogP contribution in [0.4, 0.5) is 0 Å². The van der Waals surface area contributed by atoms with Crippen LogP contribution >= 0.6 is 0 Å². The average molecular weight is 753 g/mol. The Bertz CT molecular complexity index is 1840. The van der Waals surface area contributed by atoms with E-state index in [0.29, 0.717) is 74.4 Å². The standard InChI is InChI=1S/C39H52N12O4/c1-2-15-40-18-8-20-47(27-31-29-49(46-44-31)22-10-24-51-38(54)34-13-5-6-14-35(34)39(51)55)25-19-41-16-7-17-42-26-30-28-48(45-43-30)21-9-23-50-36(52)32-11-3-4-12-33(32)37(50)53/h3-6,11-14,28-29,40-42H,2,7-10,15-27H2,1H3. The van der Waals surface area contributed by atoms with Gasteiger partial charge < -0.3 is 16.0 Å². The van der Waals surface area contributed by atoms with Crippen LogP contribution in [0.5, 0.6) is 0 Å². The normalized spacial score (nSPS) is 13.9. The minimum absolute atomic E-state index is 0.232. The number of fused-ring (bicyclic) bond motifs is 2. The van der Waals surface area contributed by atoms with Crippen molar-refractivity contribution in [2.75, 3.05) is 58.9 Å². The van der Waals surface area contributed by atoms with Gasteiger partial charge in [0.25, 0.3) is 23.6 Å². The number of hydrogen-bond donors (Lipinski definition) is 3. The lowest BCUT2D eigenvalue weighted by atomic mass is 10.1. The number of aryl methyl sites for hydroxylation is 2. The van der Waals surface area contributed by atoms with Crippen LogP contribution in [0, 0.1) is 0 Å². The zero-order chi connectivity index (χ0) is 38.4. The van der Waals surface area contributed by atoms with E-state index < -0.39 is 0 Å². The first-order chi connectivity index (χ1) is 26.9. The molecule has 4 aromatic rings. The smallest absolute Gasteiger partial charge is 0.261 e. The lowest BCUT2D eigenvalue weighted by Crippen LogP contribution is -2.34. The van der Waals surface area contributed by atoms with Crippen LogP contribution < -0.4 is 16.0 Å². The van der Waals surface area contributed by atoms with E-state index >= 15 is 0 Å². The Hall–Kier alpha value is -5.16. The third-order valence-electron chi connectivity index (χ3n) is 9.72. The van der Waals surface area contributed by atoms with Crippen molar-refractivity contribution >= 4 is 23.6 Å². The highest BCUT2D eigenvalue weighted by Gasteiger charge is 2.35. The molecule has 55 heavy (non-hydrogen) atoms. The van der Waals surface area contributed by atoms with Gasteiger partial charge >= 0.3 is 0 Å². The Kier molecular flexibility index (Phi) is 14.3. The molecule has 0 atom stereocenters. The molecule has 0 fully saturated rings. The summed E-state index contributed by atoms with van der Waals surface area (Å²) in [6.45, 7) is 11.7. The number of aromatic nitrogens is 6. The lowest BCUT2D eigenvalue weighted by molar-refractivity contribution is 0.0634. The van der Waals surface area contributed by atoms with Crippen LogP contribution in [0.3, 0.4) is 0 Å². The second-order valence-corrected chi connectivity index (χ2v) is 13.9. The van der Waals surface area contributed by atoms with E-state index in [9.17, 15) is 19.2 Å². The molecule has 16 nitrogen and oxygen atoms in total. The minimum Gasteiger partial charge on any atom is -0.317 e. The number of carbonyl (C=O) groups excluding carboxylic acids is 4. The number of rotatable bonds is 25. The van der Waals surface area contributed by atoms with E-state index in [1.165, 1.54) is 9.80 Å². The third-order valence-corrected chi connectivity index (χ3v) is 9.72. The van der Waals surface area contributed by atoms with Crippen LogP contribution in [0.2, 0.25) is 0 Å². The molecule has 292 valence electrons. The Morgan fingerprint density at radius 2 is 1.04 bits per heavy atom. The number of benzene rings is 2. The fourth-order valence-electron chi connectivity index (χ4n) is 6.86. The highest BCUT2D eigenvalue weighted by Crippen LogP contribution is 2.23. The number of carbonyl (C=O) groups is 4. The molecule has 2 aromatic heterocycles. The first kappa shape index (κ1) is 39.5. The van der Waals surface area contributed by atoms with E-state index in [4.69, 9.17) is 0 Å². The molecule has 2 aromatic carbocycles. The summed E-state index contributed by atoms with van der Waals surface area (Å²) in [7, 11) is 0. The van der Waals surface area contributed by atoms with Gasteiger partial charge in [-0.3, -0.25) is 43.2 Å². The van der Waals surface area contributed by atoms with Crippen LogP contribution in [-0.2, 0) is 26.2 Å². The Morgan fingerprint density at radius 1 is 0.545 bits per heavy atom. The minimum atomic E-state index is -0.234. The predicted molar refractivity (Wildman–Crippen MR) is 205 cm³/mol. The molecule has 0 spiro atoms. The average Bonchev–Trinajstić information content (AvgIpc) is 3.96. The van der Waals surface area contributed by atoms with Crippen molar-refractivity contribution in [1.29, 1.82) is 0 Å². The summed E-state index contributed by atoms with van der Waals surface area (Å²) in [5, 5.41) is 27.7. The molecule has 0 unspecified atom stereocenters. The van der Waals surface area contributed by atoms with Crippen LogP contribution in [-0.4, -0.2) is 127 Å². The predicted octanol–water partition coefficient (Wildman–Crippen LogP) is 2.20. The van der Waals surface area contributed by atoms with Crippen molar-refractivity contribution in [3.63, 3.8) is 0 Å². The van der Waals surface area contributed by atoms with Crippen molar-refractivity contribution in [2.45, 2.75) is 65.2 Å². The van der Waals surface area contributed by atoms with E-state index in [1.807, 2.05) is 12.4 Å². The fraction of sp³-hybridized carbons (Fsp3) is 0.487. The molecule has 3 N–H and O–H groups in total. The van der Waals surface area contributed by atoms with Gasteiger partial charge in [-0.1, -0.05) is 41.6 Å². The number of amides is 4. The maximum absolute atomic E-state index is 12.7. The van der Waals surface area contributed by atoms with Gasteiger partial charge in [0.1, 0.15) is 0 Å². The zero-order valence-corrected chi connectivity index (χ0v) is 31.7. The van der Waals surface area contributed by atoms with Gasteiger partial charge in [-0.05, 0) is 89.1 Å². The molecule has 4 amide bonds. The van der Waals surface area contributed by atoms with Crippen molar-refractivity contribution < 1.29 is 19.2 Å². The third kappa shape index (κ3) is 10.5. The van der Waals surface area contributed by atoms with Crippen molar-refractivity contribution in [3.8, 4) is 0 Å². The molecule has 2 aliphatic rings. The molecule has 4 heterocycles. The molecule has 0 saturated carbocycles. The Labute approximate surface area is 321 Å². The highest BCUT2D eigenvalue weighted by molar-refractivity contribution is 6.22. The number of hydrogen-bond acceptors (Lipinski definition) is 12. The quantitative estimate of drug-likeness (QED) is 0.0666. The second-order valence-electron chi connectivity index (χ2n) is 13.9. The van der Waals surface area contributed by atoms with Crippen molar-refractivity contribution in [1.82, 2.24) is 60.6 Å². The zero-order valence-electron chi connectivity index (χ0n) is 31.7. The van der Waals surface area contributed by atoms with Crippen LogP contribution in [0.1, 0.15) is 91.8 Å². The number of nitrogens with zero attached hydrogens (tertiary/aromatic N) is 9. The van der Waals surface area contributed by atoms with Gasteiger partial charge in [0, 0.05) is 64.8 Å². The fourth-order valence-corrected chi connectivity index (χ4v) is 6.86. The van der Waals surface area contributed by atoms with E-state index in [0.717, 1.165) is 76.5 Å². The summed E-state index contributed by atoms with van der Waals surface area (Å²) in [4.78, 5) is 55.5. The van der Waals surface area contributed by atoms with E-state index in [-0.39, 0.29) is 23.6 Å². The first-order valence-electron chi connectivity index (χ1n) is 19.5. The Morgan fingerprint density at radius 3 is 1.60 bits per heavy atom. The summed E-state index contributed by atoms with van der Waals surface area (Å²) >= 11 is 0. The van der Waals surface area contributed by atoms with Gasteiger partial charge in [0.15, 0.2) is 0 Å². The van der Waals surface area contributed by atoms with Crippen LogP contribution in [0.15, 0.2) is 60.9 Å². The van der Waals surface area contributed by atoms with Crippen LogP contribution in [0.25, 0.3) is 0 Å². The summed E-state index contributed by atoms with van der Waals surface area (Å²) in [5.74, 6) is -0.933. The number of nitrogens with one attached hydrogen (secondary N) is 3. The lowest BCUT2D eigenvalue weighted by Gasteiger charge is -2.21. The van der Waals surface area contributed by atoms with Gasteiger partial charge in [-0.25, -0.2) is 0 Å². The molecule has 6 rings (SSSR count). The molecule has 16 heteroatoms. The molecular weight excluding hydrogens is 701 g/mol. The summed E-state index contributed by atoms with van der Waals surface area (Å²) in [6.07, 6.45) is 8.17. The molecular formula is C39H52N12O4. The van der Waals surface area contributed by atoms with Crippen molar-refractivity contribution in [2.24, 2.45) is 0 Å². The van der Waals surface area contributed by atoms with Gasteiger partial charge in [-0.2, -0.15) is 0 Å². The Balaban J connectivity index is 0.844. The van der Waals surface area contributed by atoms with E-state index in [2.05, 4.69) is 48.4 Å². The SMILES string of the molecule is CCCNCCCN(CCNCCCNCc1cn(CCCN2C(=O)c3ccccc3C2=O)nn1)Cc1cn(CCCN2C(=O)c3ccccc3C2=O)nn1. The molecule has 2 aliphatic heterocycles. The summed E-state index contributed by atoms with van der Waals surface area (Å²) in [5.41, 5.74) is 3.62.